The van der Waals surface area contributed by atoms with Gasteiger partial charge >= 0.3 is 0 Å². The monoisotopic (exact) mass is 324 g/mol. The molecule has 3 heterocycles. The Labute approximate surface area is 140 Å². The molecule has 0 unspecified atom stereocenters. The Hall–Kier alpha value is -1.98. The molecule has 1 N–H and O–H groups in total. The SMILES string of the molecule is Cc1cc2c(-c3ccccc3C)nc(N3CCNCC3)nc2s1. The van der Waals surface area contributed by atoms with Crippen molar-refractivity contribution in [3.8, 4) is 11.3 Å². The lowest BCUT2D eigenvalue weighted by atomic mass is 10.0. The second-order valence-electron chi connectivity index (χ2n) is 6.00. The van der Waals surface area contributed by atoms with Crippen molar-refractivity contribution in [2.24, 2.45) is 0 Å². The molecule has 0 amide bonds. The Morgan fingerprint density at radius 3 is 2.65 bits per heavy atom. The molecule has 4 nitrogen and oxygen atoms in total. The summed E-state index contributed by atoms with van der Waals surface area (Å²) in [6.45, 7) is 8.19. The first kappa shape index (κ1) is 14.6. The van der Waals surface area contributed by atoms with E-state index in [-0.39, 0.29) is 0 Å². The van der Waals surface area contributed by atoms with Crippen LogP contribution < -0.4 is 10.2 Å². The maximum atomic E-state index is 4.96. The van der Waals surface area contributed by atoms with Crippen molar-refractivity contribution in [3.63, 3.8) is 0 Å². The molecule has 1 aliphatic heterocycles. The minimum Gasteiger partial charge on any atom is -0.338 e. The van der Waals surface area contributed by atoms with Gasteiger partial charge in [0.25, 0.3) is 0 Å². The number of thiophene rings is 1. The topological polar surface area (TPSA) is 41.1 Å². The zero-order chi connectivity index (χ0) is 15.8. The zero-order valence-corrected chi connectivity index (χ0v) is 14.3. The maximum Gasteiger partial charge on any atom is 0.227 e. The van der Waals surface area contributed by atoms with Gasteiger partial charge in [-0.15, -0.1) is 11.3 Å². The van der Waals surface area contributed by atoms with E-state index in [2.05, 4.69) is 54.4 Å². The summed E-state index contributed by atoms with van der Waals surface area (Å²) in [6.07, 6.45) is 0. The highest BCUT2D eigenvalue weighted by Crippen LogP contribution is 2.34. The van der Waals surface area contributed by atoms with Crippen LogP contribution in [-0.4, -0.2) is 36.1 Å². The normalized spacial score (nSPS) is 15.3. The zero-order valence-electron chi connectivity index (χ0n) is 13.5. The molecular formula is C18H20N4S. The van der Waals surface area contributed by atoms with Gasteiger partial charge in [0.15, 0.2) is 0 Å². The predicted molar refractivity (Wildman–Crippen MR) is 97.4 cm³/mol. The molecule has 5 heteroatoms. The summed E-state index contributed by atoms with van der Waals surface area (Å²) >= 11 is 1.75. The lowest BCUT2D eigenvalue weighted by Crippen LogP contribution is -2.44. The molecule has 118 valence electrons. The first-order valence-electron chi connectivity index (χ1n) is 8.02. The maximum absolute atomic E-state index is 4.96. The number of nitrogens with zero attached hydrogens (tertiary/aromatic N) is 3. The molecule has 0 radical (unpaired) electrons. The first-order valence-corrected chi connectivity index (χ1v) is 8.84. The summed E-state index contributed by atoms with van der Waals surface area (Å²) < 4.78 is 0. The molecule has 23 heavy (non-hydrogen) atoms. The largest absolute Gasteiger partial charge is 0.338 e. The number of benzene rings is 1. The molecule has 0 bridgehead atoms. The molecular weight excluding hydrogens is 304 g/mol. The average Bonchev–Trinajstić information content (AvgIpc) is 2.95. The van der Waals surface area contributed by atoms with Crippen molar-refractivity contribution in [3.05, 3.63) is 40.8 Å². The fourth-order valence-electron chi connectivity index (χ4n) is 3.08. The van der Waals surface area contributed by atoms with Crippen molar-refractivity contribution in [2.75, 3.05) is 31.1 Å². The van der Waals surface area contributed by atoms with Crippen LogP contribution in [0.2, 0.25) is 0 Å². The molecule has 1 aliphatic rings. The number of hydrogen-bond acceptors (Lipinski definition) is 5. The third-order valence-electron chi connectivity index (χ3n) is 4.30. The van der Waals surface area contributed by atoms with Crippen molar-refractivity contribution >= 4 is 27.5 Å². The summed E-state index contributed by atoms with van der Waals surface area (Å²) in [5, 5.41) is 4.55. The Morgan fingerprint density at radius 2 is 1.87 bits per heavy atom. The second-order valence-corrected chi connectivity index (χ2v) is 7.23. The molecule has 1 saturated heterocycles. The van der Waals surface area contributed by atoms with Crippen LogP contribution in [-0.2, 0) is 0 Å². The van der Waals surface area contributed by atoms with Crippen LogP contribution in [0.5, 0.6) is 0 Å². The van der Waals surface area contributed by atoms with Gasteiger partial charge in [-0.25, -0.2) is 9.97 Å². The molecule has 3 aromatic rings. The van der Waals surface area contributed by atoms with E-state index in [1.54, 1.807) is 11.3 Å². The number of anilines is 1. The lowest BCUT2D eigenvalue weighted by Gasteiger charge is -2.27. The highest BCUT2D eigenvalue weighted by atomic mass is 32.1. The van der Waals surface area contributed by atoms with Gasteiger partial charge in [0, 0.05) is 42.0 Å². The smallest absolute Gasteiger partial charge is 0.227 e. The van der Waals surface area contributed by atoms with E-state index in [0.717, 1.165) is 42.7 Å². The van der Waals surface area contributed by atoms with Gasteiger partial charge in [-0.1, -0.05) is 24.3 Å². The van der Waals surface area contributed by atoms with Gasteiger partial charge in [-0.05, 0) is 25.5 Å². The van der Waals surface area contributed by atoms with Crippen molar-refractivity contribution in [1.82, 2.24) is 15.3 Å². The van der Waals surface area contributed by atoms with E-state index in [0.29, 0.717) is 0 Å². The number of aryl methyl sites for hydroxylation is 2. The molecule has 1 aromatic carbocycles. The number of nitrogens with one attached hydrogen (secondary N) is 1. The predicted octanol–water partition coefficient (Wildman–Crippen LogP) is 3.38. The number of rotatable bonds is 2. The standard InChI is InChI=1S/C18H20N4S/c1-12-5-3-4-6-14(12)16-15-11-13(2)23-17(15)21-18(20-16)22-9-7-19-8-10-22/h3-6,11,19H,7-10H2,1-2H3. The van der Waals surface area contributed by atoms with Crippen LogP contribution in [0.3, 0.4) is 0 Å². The summed E-state index contributed by atoms with van der Waals surface area (Å²) in [5.41, 5.74) is 3.52. The van der Waals surface area contributed by atoms with Crippen LogP contribution in [0, 0.1) is 13.8 Å². The van der Waals surface area contributed by atoms with E-state index < -0.39 is 0 Å². The van der Waals surface area contributed by atoms with Crippen LogP contribution in [0.4, 0.5) is 5.95 Å². The Balaban J connectivity index is 1.92. The van der Waals surface area contributed by atoms with Gasteiger partial charge in [0.05, 0.1) is 5.69 Å². The fourth-order valence-corrected chi connectivity index (χ4v) is 3.96. The van der Waals surface area contributed by atoms with E-state index in [1.165, 1.54) is 21.4 Å². The quantitative estimate of drug-likeness (QED) is 0.784. The second kappa shape index (κ2) is 5.91. The summed E-state index contributed by atoms with van der Waals surface area (Å²) in [4.78, 5) is 14.5. The van der Waals surface area contributed by atoms with Gasteiger partial charge in [0.1, 0.15) is 4.83 Å². The summed E-state index contributed by atoms with van der Waals surface area (Å²) in [5.74, 6) is 0.860. The van der Waals surface area contributed by atoms with Crippen LogP contribution >= 0.6 is 11.3 Å². The molecule has 0 spiro atoms. The van der Waals surface area contributed by atoms with Crippen molar-refractivity contribution < 1.29 is 0 Å². The fraction of sp³-hybridized carbons (Fsp3) is 0.333. The molecule has 0 aliphatic carbocycles. The molecule has 4 rings (SSSR count). The average molecular weight is 324 g/mol. The molecule has 0 atom stereocenters. The van der Waals surface area contributed by atoms with Gasteiger partial charge in [-0.3, -0.25) is 0 Å². The Bertz CT molecular complexity index is 849. The van der Waals surface area contributed by atoms with E-state index in [4.69, 9.17) is 9.97 Å². The third kappa shape index (κ3) is 2.71. The van der Waals surface area contributed by atoms with Crippen LogP contribution in [0.1, 0.15) is 10.4 Å². The molecule has 0 saturated carbocycles. The van der Waals surface area contributed by atoms with E-state index >= 15 is 0 Å². The van der Waals surface area contributed by atoms with Crippen molar-refractivity contribution in [1.29, 1.82) is 0 Å². The molecule has 1 fully saturated rings. The Morgan fingerprint density at radius 1 is 1.09 bits per heavy atom. The summed E-state index contributed by atoms with van der Waals surface area (Å²) in [7, 11) is 0. The van der Waals surface area contributed by atoms with Gasteiger partial charge < -0.3 is 10.2 Å². The van der Waals surface area contributed by atoms with Gasteiger partial charge in [-0.2, -0.15) is 0 Å². The van der Waals surface area contributed by atoms with E-state index in [1.807, 2.05) is 0 Å². The minimum atomic E-state index is 0.860. The first-order chi connectivity index (χ1) is 11.2. The number of piperazine rings is 1. The van der Waals surface area contributed by atoms with Crippen LogP contribution in [0.15, 0.2) is 30.3 Å². The number of hydrogen-bond donors (Lipinski definition) is 1. The lowest BCUT2D eigenvalue weighted by molar-refractivity contribution is 0.581. The number of fused-ring (bicyclic) bond motifs is 1. The summed E-state index contributed by atoms with van der Waals surface area (Å²) in [6, 6.07) is 10.7. The van der Waals surface area contributed by atoms with Crippen molar-refractivity contribution in [2.45, 2.75) is 13.8 Å². The van der Waals surface area contributed by atoms with Crippen LogP contribution in [0.25, 0.3) is 21.5 Å². The number of aromatic nitrogens is 2. The highest BCUT2D eigenvalue weighted by Gasteiger charge is 2.18. The highest BCUT2D eigenvalue weighted by molar-refractivity contribution is 7.18. The minimum absolute atomic E-state index is 0.860. The Kier molecular flexibility index (Phi) is 3.75. The van der Waals surface area contributed by atoms with E-state index in [9.17, 15) is 0 Å². The third-order valence-corrected chi connectivity index (χ3v) is 5.25. The van der Waals surface area contributed by atoms with Gasteiger partial charge in [0.2, 0.25) is 5.95 Å². The molecule has 2 aromatic heterocycles.